The standard InChI is InChI=1S/C24H31BrClN3O6/c1-22(2,3)34-17(30)12-29-14-27-19(18(25)20(29)31)33-13-24(7,15-8-10-16(26)11-9-15)28-21(32)35-23(4,5)6/h8-11,14H,12-13H2,1-7H3,(H,28,32)/t24-/m1/s1. The molecule has 0 saturated carbocycles. The van der Waals surface area contributed by atoms with Crippen LogP contribution in [0.3, 0.4) is 0 Å². The summed E-state index contributed by atoms with van der Waals surface area (Å²) < 4.78 is 17.6. The zero-order valence-corrected chi connectivity index (χ0v) is 23.2. The molecule has 0 unspecified atom stereocenters. The number of rotatable bonds is 7. The minimum atomic E-state index is -1.06. The van der Waals surface area contributed by atoms with E-state index in [1.54, 1.807) is 72.7 Å². The van der Waals surface area contributed by atoms with E-state index in [0.29, 0.717) is 10.6 Å². The summed E-state index contributed by atoms with van der Waals surface area (Å²) in [7, 11) is 0. The van der Waals surface area contributed by atoms with E-state index in [4.69, 9.17) is 25.8 Å². The predicted octanol–water partition coefficient (Wildman–Crippen LogP) is 4.82. The summed E-state index contributed by atoms with van der Waals surface area (Å²) in [6, 6.07) is 6.89. The van der Waals surface area contributed by atoms with Gasteiger partial charge < -0.3 is 19.5 Å². The molecule has 0 spiro atoms. The van der Waals surface area contributed by atoms with Gasteiger partial charge in [-0.1, -0.05) is 23.7 Å². The molecular formula is C24H31BrClN3O6. The molecule has 2 rings (SSSR count). The fourth-order valence-corrected chi connectivity index (χ4v) is 3.50. The number of ether oxygens (including phenoxy) is 3. The number of nitrogens with zero attached hydrogens (tertiary/aromatic N) is 2. The van der Waals surface area contributed by atoms with Crippen LogP contribution in [0.25, 0.3) is 0 Å². The second-order valence-corrected chi connectivity index (χ2v) is 11.4. The van der Waals surface area contributed by atoms with Gasteiger partial charge in [0.05, 0.1) is 5.54 Å². The van der Waals surface area contributed by atoms with Crippen LogP contribution in [0.4, 0.5) is 4.79 Å². The number of benzene rings is 1. The van der Waals surface area contributed by atoms with Gasteiger partial charge in [0.2, 0.25) is 5.88 Å². The van der Waals surface area contributed by atoms with Crippen molar-refractivity contribution in [3.05, 3.63) is 56.0 Å². The first-order valence-corrected chi connectivity index (χ1v) is 12.0. The quantitative estimate of drug-likeness (QED) is 0.474. The maximum absolute atomic E-state index is 12.7. The first kappa shape index (κ1) is 28.6. The third-order valence-electron chi connectivity index (χ3n) is 4.43. The van der Waals surface area contributed by atoms with Gasteiger partial charge in [0.1, 0.15) is 35.2 Å². The average molecular weight is 573 g/mol. The number of nitrogens with one attached hydrogen (secondary N) is 1. The third-order valence-corrected chi connectivity index (χ3v) is 5.36. The van der Waals surface area contributed by atoms with Crippen molar-refractivity contribution in [1.82, 2.24) is 14.9 Å². The molecule has 0 aliphatic carbocycles. The molecule has 192 valence electrons. The Morgan fingerprint density at radius 3 is 2.14 bits per heavy atom. The second-order valence-electron chi connectivity index (χ2n) is 10.1. The molecule has 1 N–H and O–H groups in total. The van der Waals surface area contributed by atoms with E-state index >= 15 is 0 Å². The third kappa shape index (κ3) is 8.85. The van der Waals surface area contributed by atoms with Crippen molar-refractivity contribution in [3.63, 3.8) is 0 Å². The summed E-state index contributed by atoms with van der Waals surface area (Å²) in [5.41, 5.74) is -2.26. The molecular weight excluding hydrogens is 542 g/mol. The molecule has 0 aliphatic heterocycles. The zero-order chi connectivity index (χ0) is 26.6. The number of amides is 1. The smallest absolute Gasteiger partial charge is 0.408 e. The van der Waals surface area contributed by atoms with Gasteiger partial charge in [-0.3, -0.25) is 14.2 Å². The van der Waals surface area contributed by atoms with E-state index in [0.717, 1.165) is 4.57 Å². The normalized spacial score (nSPS) is 13.5. The molecule has 1 amide bonds. The molecule has 1 heterocycles. The van der Waals surface area contributed by atoms with Gasteiger partial charge in [-0.15, -0.1) is 0 Å². The predicted molar refractivity (Wildman–Crippen MR) is 136 cm³/mol. The lowest BCUT2D eigenvalue weighted by Crippen LogP contribution is -2.49. The van der Waals surface area contributed by atoms with Crippen LogP contribution in [-0.4, -0.2) is 39.4 Å². The molecule has 1 aromatic heterocycles. The Labute approximate surface area is 218 Å². The number of halogens is 2. The molecule has 9 nitrogen and oxygen atoms in total. The number of esters is 1. The molecule has 0 bridgehead atoms. The molecule has 0 fully saturated rings. The number of hydrogen-bond acceptors (Lipinski definition) is 7. The van der Waals surface area contributed by atoms with Crippen molar-refractivity contribution in [1.29, 1.82) is 0 Å². The lowest BCUT2D eigenvalue weighted by atomic mass is 9.93. The second kappa shape index (κ2) is 11.0. The van der Waals surface area contributed by atoms with Crippen molar-refractivity contribution in [2.75, 3.05) is 6.61 Å². The average Bonchev–Trinajstić information content (AvgIpc) is 2.68. The van der Waals surface area contributed by atoms with Gasteiger partial charge in [-0.05, 0) is 82.1 Å². The Bertz CT molecular complexity index is 1120. The minimum absolute atomic E-state index is 0.00150. The molecule has 0 aliphatic rings. The van der Waals surface area contributed by atoms with E-state index in [-0.39, 0.29) is 23.5 Å². The summed E-state index contributed by atoms with van der Waals surface area (Å²) in [6.45, 7) is 11.9. The largest absolute Gasteiger partial charge is 0.474 e. The fraction of sp³-hybridized carbons (Fsp3) is 0.500. The van der Waals surface area contributed by atoms with Crippen molar-refractivity contribution < 1.29 is 23.8 Å². The number of aromatic nitrogens is 2. The Balaban J connectivity index is 2.26. The van der Waals surface area contributed by atoms with Crippen molar-refractivity contribution in [2.24, 2.45) is 0 Å². The highest BCUT2D eigenvalue weighted by molar-refractivity contribution is 9.10. The summed E-state index contributed by atoms with van der Waals surface area (Å²) in [5.74, 6) is -0.569. The lowest BCUT2D eigenvalue weighted by Gasteiger charge is -2.32. The van der Waals surface area contributed by atoms with Gasteiger partial charge in [0.25, 0.3) is 5.56 Å². The van der Waals surface area contributed by atoms with Crippen LogP contribution in [0.5, 0.6) is 5.88 Å². The Morgan fingerprint density at radius 1 is 1.03 bits per heavy atom. The van der Waals surface area contributed by atoms with Crippen LogP contribution in [-0.2, 0) is 26.4 Å². The van der Waals surface area contributed by atoms with Crippen LogP contribution >= 0.6 is 27.5 Å². The minimum Gasteiger partial charge on any atom is -0.474 e. The van der Waals surface area contributed by atoms with Crippen LogP contribution in [0, 0.1) is 0 Å². The van der Waals surface area contributed by atoms with Crippen LogP contribution in [0.15, 0.2) is 39.9 Å². The topological polar surface area (TPSA) is 109 Å². The molecule has 35 heavy (non-hydrogen) atoms. The SMILES string of the molecule is CC(C)(C)OC(=O)Cn1cnc(OC[C@@](C)(NC(=O)OC(C)(C)C)c2ccc(Cl)cc2)c(Br)c1=O. The first-order chi connectivity index (χ1) is 16.0. The number of alkyl carbamates (subject to hydrolysis) is 1. The van der Waals surface area contributed by atoms with Crippen molar-refractivity contribution in [2.45, 2.75) is 71.8 Å². The van der Waals surface area contributed by atoms with E-state index in [9.17, 15) is 14.4 Å². The highest BCUT2D eigenvalue weighted by Gasteiger charge is 2.33. The van der Waals surface area contributed by atoms with Gasteiger partial charge in [-0.25, -0.2) is 9.78 Å². The number of carbonyl (C=O) groups is 2. The first-order valence-electron chi connectivity index (χ1n) is 10.9. The van der Waals surface area contributed by atoms with E-state index in [1.807, 2.05) is 0 Å². The van der Waals surface area contributed by atoms with Gasteiger partial charge in [0.15, 0.2) is 0 Å². The molecule has 0 radical (unpaired) electrons. The lowest BCUT2D eigenvalue weighted by molar-refractivity contribution is -0.155. The Hall–Kier alpha value is -2.59. The zero-order valence-electron chi connectivity index (χ0n) is 20.9. The van der Waals surface area contributed by atoms with Gasteiger partial charge >= 0.3 is 12.1 Å². The molecule has 1 aromatic carbocycles. The molecule has 2 aromatic rings. The van der Waals surface area contributed by atoms with E-state index in [1.165, 1.54) is 6.33 Å². The fourth-order valence-electron chi connectivity index (χ4n) is 2.93. The monoisotopic (exact) mass is 571 g/mol. The summed E-state index contributed by atoms with van der Waals surface area (Å²) in [4.78, 5) is 41.6. The Kier molecular flexibility index (Phi) is 8.99. The van der Waals surface area contributed by atoms with E-state index < -0.39 is 34.4 Å². The highest BCUT2D eigenvalue weighted by atomic mass is 79.9. The van der Waals surface area contributed by atoms with Gasteiger partial charge in [-0.2, -0.15) is 0 Å². The van der Waals surface area contributed by atoms with Crippen LogP contribution < -0.4 is 15.6 Å². The van der Waals surface area contributed by atoms with Crippen molar-refractivity contribution >= 4 is 39.6 Å². The van der Waals surface area contributed by atoms with Crippen LogP contribution in [0.2, 0.25) is 5.02 Å². The van der Waals surface area contributed by atoms with Gasteiger partial charge in [0, 0.05) is 5.02 Å². The van der Waals surface area contributed by atoms with Crippen LogP contribution in [0.1, 0.15) is 54.0 Å². The highest BCUT2D eigenvalue weighted by Crippen LogP contribution is 2.26. The number of hydrogen-bond donors (Lipinski definition) is 1. The maximum atomic E-state index is 12.7. The summed E-state index contributed by atoms with van der Waals surface area (Å²) >= 11 is 9.23. The molecule has 1 atom stereocenters. The Morgan fingerprint density at radius 2 is 1.60 bits per heavy atom. The van der Waals surface area contributed by atoms with Crippen molar-refractivity contribution in [3.8, 4) is 5.88 Å². The summed E-state index contributed by atoms with van der Waals surface area (Å²) in [5, 5.41) is 3.37. The molecule has 11 heteroatoms. The van der Waals surface area contributed by atoms with E-state index in [2.05, 4.69) is 26.2 Å². The number of carbonyl (C=O) groups excluding carboxylic acids is 2. The summed E-state index contributed by atoms with van der Waals surface area (Å²) in [6.07, 6.45) is 0.561. The molecule has 0 saturated heterocycles. The maximum Gasteiger partial charge on any atom is 0.408 e.